The molecule has 2 unspecified atom stereocenters. The van der Waals surface area contributed by atoms with Gasteiger partial charge in [-0.15, -0.1) is 0 Å². The Kier molecular flexibility index (Phi) is 71.8. The second-order valence-electron chi connectivity index (χ2n) is 23.0. The highest BCUT2D eigenvalue weighted by Gasteiger charge is 2.26. The molecule has 0 spiro atoms. The van der Waals surface area contributed by atoms with Gasteiger partial charge in [-0.05, 0) is 167 Å². The highest BCUT2D eigenvalue weighted by Crippen LogP contribution is 2.43. The van der Waals surface area contributed by atoms with Gasteiger partial charge in [-0.25, -0.2) is 4.57 Å². The fourth-order valence-corrected chi connectivity index (χ4v) is 9.69. The zero-order chi connectivity index (χ0) is 68.6. The number of phosphoric ester groups is 1. The van der Waals surface area contributed by atoms with Gasteiger partial charge < -0.3 is 20.1 Å². The molecule has 0 rings (SSSR count). The van der Waals surface area contributed by atoms with Crippen LogP contribution in [0.2, 0.25) is 0 Å². The van der Waals surface area contributed by atoms with Gasteiger partial charge in [-0.1, -0.05) is 308 Å². The Bertz CT molecular complexity index is 2460. The molecular weight excluding hydrogens is 1190 g/mol. The van der Waals surface area contributed by atoms with E-state index in [-0.39, 0.29) is 32.6 Å². The van der Waals surface area contributed by atoms with Crippen molar-refractivity contribution in [3.05, 3.63) is 243 Å². The Labute approximate surface area is 580 Å². The minimum atomic E-state index is -4.42. The Morgan fingerprint density at radius 1 is 0.316 bits per heavy atom. The number of unbranched alkanes of at least 4 members (excludes halogenated alkanes) is 12. The van der Waals surface area contributed by atoms with Gasteiger partial charge in [0.2, 0.25) is 0 Å². The maximum atomic E-state index is 12.8. The lowest BCUT2D eigenvalue weighted by atomic mass is 10.1. The molecule has 0 aliphatic carbocycles. The molecule has 0 saturated heterocycles. The van der Waals surface area contributed by atoms with Crippen molar-refractivity contribution >= 4 is 19.8 Å². The molecule has 95 heavy (non-hydrogen) atoms. The summed E-state index contributed by atoms with van der Waals surface area (Å²) in [6.07, 6.45) is 122. The minimum absolute atomic E-state index is 0.0343. The Hall–Kier alpha value is -6.19. The first kappa shape index (κ1) is 88.8. The average molecular weight is 1320 g/mol. The molecule has 0 aromatic carbocycles. The molecule has 0 fully saturated rings. The van der Waals surface area contributed by atoms with Gasteiger partial charge in [-0.3, -0.25) is 18.6 Å². The molecular formula is C85H130NO8P. The van der Waals surface area contributed by atoms with E-state index in [2.05, 4.69) is 257 Å². The molecule has 3 N–H and O–H groups in total. The van der Waals surface area contributed by atoms with Gasteiger partial charge in [0, 0.05) is 19.4 Å². The molecule has 0 saturated carbocycles. The molecule has 10 heteroatoms. The predicted molar refractivity (Wildman–Crippen MR) is 412 cm³/mol. The van der Waals surface area contributed by atoms with Gasteiger partial charge in [0.05, 0.1) is 13.2 Å². The number of phosphoric acid groups is 1. The van der Waals surface area contributed by atoms with E-state index in [1.807, 2.05) is 0 Å². The SMILES string of the molecule is CC/C=C\C/C=C\C/C=C\C/C=C\C/C=C\C/C=C\C/C=C\C/C=C\C/C=C\C/C=C\C/C=C\C/C=C\CCCCCCC(=O)OC(COC(=O)CCCCCCCCCC/C=C\C/C=C\C/C=C\C/C=C\C/C=C\C/C=C\C/C=C\C/C=C\CC)COP(=O)(O)OCCN. The fourth-order valence-electron chi connectivity index (χ4n) is 8.93. The van der Waals surface area contributed by atoms with E-state index in [9.17, 15) is 19.0 Å². The second-order valence-corrected chi connectivity index (χ2v) is 24.4. The number of rotatable bonds is 65. The van der Waals surface area contributed by atoms with Crippen LogP contribution in [0.15, 0.2) is 243 Å². The topological polar surface area (TPSA) is 134 Å². The van der Waals surface area contributed by atoms with E-state index >= 15 is 0 Å². The number of esters is 2. The van der Waals surface area contributed by atoms with Gasteiger partial charge in [0.1, 0.15) is 6.61 Å². The molecule has 2 atom stereocenters. The highest BCUT2D eigenvalue weighted by molar-refractivity contribution is 7.47. The molecule has 0 heterocycles. The van der Waals surface area contributed by atoms with E-state index in [1.54, 1.807) is 0 Å². The number of nitrogens with two attached hydrogens (primary N) is 1. The second kappa shape index (κ2) is 76.8. The van der Waals surface area contributed by atoms with Crippen LogP contribution in [-0.2, 0) is 32.7 Å². The van der Waals surface area contributed by atoms with Crippen LogP contribution in [0.4, 0.5) is 0 Å². The largest absolute Gasteiger partial charge is 0.472 e. The Morgan fingerprint density at radius 2 is 0.547 bits per heavy atom. The van der Waals surface area contributed by atoms with Crippen LogP contribution in [0.25, 0.3) is 0 Å². The van der Waals surface area contributed by atoms with Crippen LogP contribution in [-0.4, -0.2) is 49.3 Å². The zero-order valence-electron chi connectivity index (χ0n) is 59.3. The summed E-state index contributed by atoms with van der Waals surface area (Å²) < 4.78 is 33.1. The summed E-state index contributed by atoms with van der Waals surface area (Å²) in [7, 11) is -4.42. The summed E-state index contributed by atoms with van der Waals surface area (Å²) in [5.74, 6) is -0.886. The standard InChI is InChI=1S/C85H130NO8P/c1-3-5-7-9-11-13-15-17-19-21-23-25-27-29-31-33-35-37-38-39-40-41-42-43-44-46-48-50-52-54-56-58-60-62-64-66-68-70-72-74-76-78-85(88)94-83(82-93-95(89,90)92-80-79-86)81-91-84(87)77-75-73-71-69-67-65-63-61-59-57-55-53-51-49-47-45-36-34-32-30-28-26-24-22-20-18-16-14-12-10-8-6-4-2/h5-8,11-14,17-20,23-26,29-32,35-37,39-40,42-43,45-46,48-49,51-52,54-55,57-58,60,64,66,83H,3-4,9-10,15-16,21-22,27-28,33-34,38,41,44,47,50,53,56,59,61-63,65,67-82,86H2,1-2H3,(H,89,90)/b7-5-,8-6-,13-11-,14-12-,19-17-,20-18-,25-23-,26-24-,31-29-,32-30-,37-35-,40-39-,43-42-,45-36-,48-46-,51-49-,54-52-,57-55-,60-58-,66-64-. The quantitative estimate of drug-likeness (QED) is 0.0264. The molecule has 0 radical (unpaired) electrons. The Morgan fingerprint density at radius 3 is 0.811 bits per heavy atom. The van der Waals surface area contributed by atoms with Crippen LogP contribution in [0.5, 0.6) is 0 Å². The van der Waals surface area contributed by atoms with Crippen LogP contribution < -0.4 is 5.73 Å². The van der Waals surface area contributed by atoms with Crippen molar-refractivity contribution < 1.29 is 37.6 Å². The smallest absolute Gasteiger partial charge is 0.462 e. The molecule has 0 aliphatic heterocycles. The van der Waals surface area contributed by atoms with Crippen molar-refractivity contribution in [1.82, 2.24) is 0 Å². The lowest BCUT2D eigenvalue weighted by Gasteiger charge is -2.19. The number of carbonyl (C=O) groups is 2. The van der Waals surface area contributed by atoms with E-state index in [4.69, 9.17) is 24.3 Å². The lowest BCUT2D eigenvalue weighted by molar-refractivity contribution is -0.161. The summed E-state index contributed by atoms with van der Waals surface area (Å²) in [4.78, 5) is 35.4. The Balaban J connectivity index is 4.07. The predicted octanol–water partition coefficient (Wildman–Crippen LogP) is 24.7. The number of hydrogen-bond donors (Lipinski definition) is 2. The monoisotopic (exact) mass is 1320 g/mol. The molecule has 9 nitrogen and oxygen atoms in total. The van der Waals surface area contributed by atoms with Crippen LogP contribution in [0.1, 0.15) is 245 Å². The van der Waals surface area contributed by atoms with Crippen molar-refractivity contribution in [2.45, 2.75) is 251 Å². The van der Waals surface area contributed by atoms with Crippen molar-refractivity contribution in [1.29, 1.82) is 0 Å². The van der Waals surface area contributed by atoms with Crippen molar-refractivity contribution in [2.75, 3.05) is 26.4 Å². The van der Waals surface area contributed by atoms with Crippen LogP contribution >= 0.6 is 7.82 Å². The van der Waals surface area contributed by atoms with Crippen LogP contribution in [0, 0.1) is 0 Å². The third-order valence-corrected chi connectivity index (χ3v) is 15.2. The van der Waals surface area contributed by atoms with E-state index in [1.165, 1.54) is 25.7 Å². The summed E-state index contributed by atoms with van der Waals surface area (Å²) in [6.45, 7) is 3.44. The number of ether oxygens (including phenoxy) is 2. The van der Waals surface area contributed by atoms with Crippen molar-refractivity contribution in [3.8, 4) is 0 Å². The number of carbonyl (C=O) groups excluding carboxylic acids is 2. The number of hydrogen-bond acceptors (Lipinski definition) is 8. The van der Waals surface area contributed by atoms with Crippen molar-refractivity contribution in [3.63, 3.8) is 0 Å². The van der Waals surface area contributed by atoms with Crippen molar-refractivity contribution in [2.24, 2.45) is 5.73 Å². The summed E-state index contributed by atoms with van der Waals surface area (Å²) in [5.41, 5.74) is 5.40. The minimum Gasteiger partial charge on any atom is -0.462 e. The van der Waals surface area contributed by atoms with Gasteiger partial charge >= 0.3 is 19.8 Å². The molecule has 0 amide bonds. The highest BCUT2D eigenvalue weighted by atomic mass is 31.2. The first-order chi connectivity index (χ1) is 46.8. The summed E-state index contributed by atoms with van der Waals surface area (Å²) in [5, 5.41) is 0. The first-order valence-corrected chi connectivity index (χ1v) is 38.0. The van der Waals surface area contributed by atoms with Gasteiger partial charge in [0.25, 0.3) is 0 Å². The van der Waals surface area contributed by atoms with Gasteiger partial charge in [0.15, 0.2) is 6.10 Å². The molecule has 0 aliphatic rings. The zero-order valence-corrected chi connectivity index (χ0v) is 60.2. The summed E-state index contributed by atoms with van der Waals surface area (Å²) >= 11 is 0. The third kappa shape index (κ3) is 76.7. The average Bonchev–Trinajstić information content (AvgIpc) is 2.75. The fraction of sp³-hybridized carbons (Fsp3) is 0.506. The summed E-state index contributed by atoms with van der Waals surface area (Å²) in [6, 6.07) is 0. The van der Waals surface area contributed by atoms with Gasteiger partial charge in [-0.2, -0.15) is 0 Å². The van der Waals surface area contributed by atoms with Crippen LogP contribution in [0.3, 0.4) is 0 Å². The first-order valence-electron chi connectivity index (χ1n) is 36.5. The molecule has 528 valence electrons. The van der Waals surface area contributed by atoms with E-state index in [0.29, 0.717) is 12.8 Å². The number of allylic oxidation sites excluding steroid dienone is 40. The maximum absolute atomic E-state index is 12.8. The third-order valence-electron chi connectivity index (χ3n) is 14.2. The van der Waals surface area contributed by atoms with E-state index < -0.39 is 32.5 Å². The molecule has 0 aromatic rings. The van der Waals surface area contributed by atoms with E-state index in [0.717, 1.165) is 180 Å². The molecule has 0 bridgehead atoms. The maximum Gasteiger partial charge on any atom is 0.472 e. The lowest BCUT2D eigenvalue weighted by Crippen LogP contribution is -2.29. The molecule has 0 aromatic heterocycles. The normalized spacial score (nSPS) is 14.4.